The average molecular weight is 235 g/mol. The Kier molecular flexibility index (Phi) is 3.93. The van der Waals surface area contributed by atoms with Crippen molar-refractivity contribution in [3.8, 4) is 0 Å². The topological polar surface area (TPSA) is 78.1 Å². The summed E-state index contributed by atoms with van der Waals surface area (Å²) < 4.78 is 10.4. The van der Waals surface area contributed by atoms with Gasteiger partial charge in [-0.05, 0) is 18.6 Å². The molecule has 0 amide bonds. The van der Waals surface area contributed by atoms with Gasteiger partial charge < -0.3 is 14.7 Å². The lowest BCUT2D eigenvalue weighted by Gasteiger charge is -2.02. The van der Waals surface area contributed by atoms with Crippen LogP contribution in [0, 0.1) is 0 Å². The molecule has 2 aromatic rings. The molecule has 0 spiro atoms. The number of aryl methyl sites for hydroxylation is 2. The van der Waals surface area contributed by atoms with Crippen molar-refractivity contribution in [3.63, 3.8) is 0 Å². The van der Waals surface area contributed by atoms with Crippen molar-refractivity contribution in [2.75, 3.05) is 0 Å². The fourth-order valence-electron chi connectivity index (χ4n) is 1.65. The Hall–Kier alpha value is -1.62. The third kappa shape index (κ3) is 3.17. The van der Waals surface area contributed by atoms with E-state index in [9.17, 15) is 0 Å². The lowest BCUT2D eigenvalue weighted by Crippen LogP contribution is -2.11. The second-order valence-electron chi connectivity index (χ2n) is 4.02. The molecule has 17 heavy (non-hydrogen) atoms. The monoisotopic (exact) mass is 235 g/mol. The number of nitrogens with zero attached hydrogens (tertiary/aromatic N) is 2. The zero-order chi connectivity index (χ0) is 12.1. The molecule has 0 aromatic carbocycles. The first-order valence-electron chi connectivity index (χ1n) is 5.90. The summed E-state index contributed by atoms with van der Waals surface area (Å²) in [6.45, 7) is 2.08. The number of furan rings is 1. The Morgan fingerprint density at radius 1 is 1.41 bits per heavy atom. The van der Waals surface area contributed by atoms with E-state index in [-0.39, 0.29) is 6.04 Å². The smallest absolute Gasteiger partial charge is 0.227 e. The van der Waals surface area contributed by atoms with Crippen molar-refractivity contribution in [2.45, 2.75) is 38.6 Å². The first kappa shape index (κ1) is 11.9. The van der Waals surface area contributed by atoms with Gasteiger partial charge in [0.25, 0.3) is 0 Å². The van der Waals surface area contributed by atoms with Gasteiger partial charge in [-0.15, -0.1) is 0 Å². The summed E-state index contributed by atoms with van der Waals surface area (Å²) in [5.41, 5.74) is 5.91. The molecule has 0 aliphatic heterocycles. The Morgan fingerprint density at radius 3 is 3.00 bits per heavy atom. The molecule has 0 saturated heterocycles. The van der Waals surface area contributed by atoms with Crippen LogP contribution in [0.15, 0.2) is 27.3 Å². The number of aromatic nitrogens is 2. The summed E-state index contributed by atoms with van der Waals surface area (Å²) in [5, 5.41) is 3.89. The van der Waals surface area contributed by atoms with Gasteiger partial charge in [0.2, 0.25) is 5.89 Å². The Balaban J connectivity index is 1.89. The molecule has 92 valence electrons. The molecule has 2 N–H and O–H groups in total. The van der Waals surface area contributed by atoms with E-state index in [1.807, 2.05) is 12.1 Å². The van der Waals surface area contributed by atoms with Gasteiger partial charge in [0.1, 0.15) is 5.76 Å². The standard InChI is InChI=1S/C12H17N3O2/c1-2-4-10(13)12-14-11(17-15-12)7-6-9-5-3-8-16-9/h3,5,8,10H,2,4,6-7,13H2,1H3. The maximum atomic E-state index is 5.91. The largest absolute Gasteiger partial charge is 0.469 e. The molecule has 1 atom stereocenters. The quantitative estimate of drug-likeness (QED) is 0.830. The second kappa shape index (κ2) is 5.63. The third-order valence-electron chi connectivity index (χ3n) is 2.58. The van der Waals surface area contributed by atoms with E-state index in [1.54, 1.807) is 6.26 Å². The van der Waals surface area contributed by atoms with Crippen LogP contribution < -0.4 is 5.73 Å². The molecule has 5 heteroatoms. The normalized spacial score (nSPS) is 12.8. The van der Waals surface area contributed by atoms with Gasteiger partial charge in [-0.2, -0.15) is 4.98 Å². The molecule has 2 rings (SSSR count). The van der Waals surface area contributed by atoms with E-state index in [0.29, 0.717) is 18.1 Å². The van der Waals surface area contributed by atoms with Crippen molar-refractivity contribution < 1.29 is 8.94 Å². The van der Waals surface area contributed by atoms with E-state index in [2.05, 4.69) is 17.1 Å². The van der Waals surface area contributed by atoms with Crippen molar-refractivity contribution in [1.82, 2.24) is 10.1 Å². The molecule has 2 heterocycles. The molecule has 0 bridgehead atoms. The molecule has 5 nitrogen and oxygen atoms in total. The summed E-state index contributed by atoms with van der Waals surface area (Å²) in [5.74, 6) is 2.13. The molecule has 0 radical (unpaired) electrons. The Bertz CT molecular complexity index is 436. The lowest BCUT2D eigenvalue weighted by atomic mass is 10.2. The molecule has 1 unspecified atom stereocenters. The van der Waals surface area contributed by atoms with Crippen LogP contribution in [0.3, 0.4) is 0 Å². The van der Waals surface area contributed by atoms with E-state index in [0.717, 1.165) is 25.0 Å². The summed E-state index contributed by atoms with van der Waals surface area (Å²) in [6, 6.07) is 3.67. The fraction of sp³-hybridized carbons (Fsp3) is 0.500. The minimum Gasteiger partial charge on any atom is -0.469 e. The van der Waals surface area contributed by atoms with Crippen LogP contribution in [-0.2, 0) is 12.8 Å². The summed E-state index contributed by atoms with van der Waals surface area (Å²) >= 11 is 0. The predicted octanol–water partition coefficient (Wildman–Crippen LogP) is 2.25. The molecule has 0 saturated carbocycles. The lowest BCUT2D eigenvalue weighted by molar-refractivity contribution is 0.364. The van der Waals surface area contributed by atoms with E-state index < -0.39 is 0 Å². The SMILES string of the molecule is CCCC(N)c1noc(CCc2ccco2)n1. The van der Waals surface area contributed by atoms with Crippen molar-refractivity contribution >= 4 is 0 Å². The number of hydrogen-bond donors (Lipinski definition) is 1. The zero-order valence-corrected chi connectivity index (χ0v) is 9.93. The van der Waals surface area contributed by atoms with Crippen LogP contribution in [0.4, 0.5) is 0 Å². The average Bonchev–Trinajstić information content (AvgIpc) is 2.98. The van der Waals surface area contributed by atoms with Gasteiger partial charge >= 0.3 is 0 Å². The number of hydrogen-bond acceptors (Lipinski definition) is 5. The van der Waals surface area contributed by atoms with Gasteiger partial charge in [0, 0.05) is 12.8 Å². The second-order valence-corrected chi connectivity index (χ2v) is 4.02. The third-order valence-corrected chi connectivity index (χ3v) is 2.58. The summed E-state index contributed by atoms with van der Waals surface area (Å²) in [4.78, 5) is 4.28. The summed E-state index contributed by atoms with van der Waals surface area (Å²) in [6.07, 6.45) is 4.98. The van der Waals surface area contributed by atoms with Crippen LogP contribution in [0.25, 0.3) is 0 Å². The van der Waals surface area contributed by atoms with Crippen LogP contribution in [0.5, 0.6) is 0 Å². The first-order chi connectivity index (χ1) is 8.29. The zero-order valence-electron chi connectivity index (χ0n) is 9.93. The minimum atomic E-state index is -0.124. The van der Waals surface area contributed by atoms with E-state index in [4.69, 9.17) is 14.7 Å². The highest BCUT2D eigenvalue weighted by atomic mass is 16.5. The minimum absolute atomic E-state index is 0.124. The molecule has 2 aromatic heterocycles. The van der Waals surface area contributed by atoms with Gasteiger partial charge in [0.15, 0.2) is 5.82 Å². The molecular weight excluding hydrogens is 218 g/mol. The van der Waals surface area contributed by atoms with E-state index >= 15 is 0 Å². The van der Waals surface area contributed by atoms with Crippen LogP contribution in [0.1, 0.15) is 43.3 Å². The Morgan fingerprint density at radius 2 is 2.29 bits per heavy atom. The highest BCUT2D eigenvalue weighted by Crippen LogP contribution is 2.13. The molecule has 0 aliphatic carbocycles. The van der Waals surface area contributed by atoms with Crippen LogP contribution >= 0.6 is 0 Å². The molecular formula is C12H17N3O2. The Labute approximate surface area is 100.0 Å². The van der Waals surface area contributed by atoms with Crippen molar-refractivity contribution in [2.24, 2.45) is 5.73 Å². The molecule has 0 fully saturated rings. The van der Waals surface area contributed by atoms with Gasteiger partial charge in [-0.1, -0.05) is 18.5 Å². The first-order valence-corrected chi connectivity index (χ1v) is 5.90. The predicted molar refractivity (Wildman–Crippen MR) is 62.3 cm³/mol. The van der Waals surface area contributed by atoms with Crippen molar-refractivity contribution in [3.05, 3.63) is 35.9 Å². The number of rotatable bonds is 6. The fourth-order valence-corrected chi connectivity index (χ4v) is 1.65. The van der Waals surface area contributed by atoms with Crippen LogP contribution in [-0.4, -0.2) is 10.1 Å². The van der Waals surface area contributed by atoms with E-state index in [1.165, 1.54) is 0 Å². The molecule has 0 aliphatic rings. The highest BCUT2D eigenvalue weighted by molar-refractivity contribution is 5.00. The van der Waals surface area contributed by atoms with Gasteiger partial charge in [0.05, 0.1) is 12.3 Å². The van der Waals surface area contributed by atoms with Crippen molar-refractivity contribution in [1.29, 1.82) is 0 Å². The maximum absolute atomic E-state index is 5.91. The summed E-state index contributed by atoms with van der Waals surface area (Å²) in [7, 11) is 0. The van der Waals surface area contributed by atoms with Crippen LogP contribution in [0.2, 0.25) is 0 Å². The maximum Gasteiger partial charge on any atom is 0.227 e. The van der Waals surface area contributed by atoms with Gasteiger partial charge in [-0.3, -0.25) is 0 Å². The number of nitrogens with two attached hydrogens (primary N) is 1. The highest BCUT2D eigenvalue weighted by Gasteiger charge is 2.13. The van der Waals surface area contributed by atoms with Gasteiger partial charge in [-0.25, -0.2) is 0 Å².